The number of Topliss-reactive ketones (excluding diaryl/α,β-unsaturated/α-hetero) is 2. The molecule has 0 saturated heterocycles. The molecule has 3 aromatic rings. The molecule has 2 amide bonds. The highest BCUT2D eigenvalue weighted by Gasteiger charge is 2.37. The van der Waals surface area contributed by atoms with Gasteiger partial charge in [-0.15, -0.1) is 0 Å². The molecule has 2 N–H and O–H groups in total. The lowest BCUT2D eigenvalue weighted by molar-refractivity contribution is -0.141. The van der Waals surface area contributed by atoms with E-state index in [1.54, 1.807) is 36.4 Å². The summed E-state index contributed by atoms with van der Waals surface area (Å²) in [6.45, 7) is 4.42. The monoisotopic (exact) mass is 656 g/mol. The third kappa shape index (κ3) is 8.02. The number of rotatable bonds is 11. The lowest BCUT2D eigenvalue weighted by Gasteiger charge is -2.34. The molecule has 13 heteroatoms. The first-order valence-electron chi connectivity index (χ1n) is 14.6. The van der Waals surface area contributed by atoms with Crippen LogP contribution >= 0.6 is 0 Å². The number of ether oxygens (including phenoxy) is 1. The van der Waals surface area contributed by atoms with Crippen LogP contribution in [0.1, 0.15) is 43.9 Å². The summed E-state index contributed by atoms with van der Waals surface area (Å²) in [4.78, 5) is 65.9. The van der Waals surface area contributed by atoms with Crippen molar-refractivity contribution in [2.45, 2.75) is 51.5 Å². The highest BCUT2D eigenvalue weighted by Crippen LogP contribution is 2.32. The second-order valence-corrected chi connectivity index (χ2v) is 12.2. The van der Waals surface area contributed by atoms with Crippen molar-refractivity contribution in [3.8, 4) is 5.75 Å². The zero-order valence-electron chi connectivity index (χ0n) is 25.7. The summed E-state index contributed by atoms with van der Waals surface area (Å²) in [6.07, 6.45) is -1.09. The Morgan fingerprint density at radius 1 is 0.957 bits per heavy atom. The number of fused-ring (bicyclic) bond motifs is 1. The molecule has 1 heterocycles. The molecule has 1 aliphatic heterocycles. The van der Waals surface area contributed by atoms with Crippen LogP contribution in [0.3, 0.4) is 0 Å². The topological polar surface area (TPSA) is 130 Å². The molecule has 2 atom stereocenters. The molecule has 0 bridgehead atoms. The van der Waals surface area contributed by atoms with Crippen molar-refractivity contribution in [1.82, 2.24) is 5.32 Å². The molecule has 0 spiro atoms. The third-order valence-corrected chi connectivity index (χ3v) is 7.70. The van der Waals surface area contributed by atoms with Crippen molar-refractivity contribution in [3.05, 3.63) is 94.6 Å². The first-order valence-corrected chi connectivity index (χ1v) is 14.6. The normalized spacial score (nSPS) is 15.0. The molecular weight excluding hydrogens is 624 g/mol. The van der Waals surface area contributed by atoms with Gasteiger partial charge in [0.25, 0.3) is 5.91 Å². The number of anilines is 1. The fourth-order valence-corrected chi connectivity index (χ4v) is 5.40. The number of nitrogens with one attached hydrogen (secondary N) is 1. The number of carbonyl (C=O) groups excluding carboxylic acids is 4. The average Bonchev–Trinajstić information content (AvgIpc) is 3.02. The number of aliphatic carboxylic acids is 1. The van der Waals surface area contributed by atoms with Crippen LogP contribution in [0.5, 0.6) is 5.75 Å². The number of carboxylic acid groups (broad SMARTS) is 1. The standard InChI is InChI=1S/C34H32F4N2O7/c1-34(2,3)21-10-6-4-8-18(21)13-26(41)33(46)40-16-20(12-19-9-5-7-11-25(19)40)32(45)39-24(15-28(43)44)27(42)17-47-31-29(37)22(35)14-23(36)30(31)38/h4-11,14,20,24H,12-13,15-17H2,1-3H3,(H,39,45)(H,43,44)/t20-,24-/m0/s1. The van der Waals surface area contributed by atoms with Crippen LogP contribution in [0.25, 0.3) is 0 Å². The predicted octanol–water partition coefficient (Wildman–Crippen LogP) is 4.47. The SMILES string of the molecule is CC(C)(C)c1ccccc1CC(=O)C(=O)N1C[C@@H](C(=O)N[C@@H](CC(=O)O)C(=O)COc2c(F)c(F)cc(F)c2F)Cc2ccccc21. The summed E-state index contributed by atoms with van der Waals surface area (Å²) in [5.41, 5.74) is 2.22. The smallest absolute Gasteiger partial charge is 0.305 e. The quantitative estimate of drug-likeness (QED) is 0.177. The number of hydrogen-bond donors (Lipinski definition) is 2. The van der Waals surface area contributed by atoms with E-state index in [2.05, 4.69) is 10.1 Å². The first kappa shape index (κ1) is 34.8. The van der Waals surface area contributed by atoms with E-state index in [4.69, 9.17) is 0 Å². The summed E-state index contributed by atoms with van der Waals surface area (Å²) in [5.74, 6) is -15.1. The Bertz CT molecular complexity index is 1710. The zero-order chi connectivity index (χ0) is 34.6. The minimum Gasteiger partial charge on any atom is -0.481 e. The molecule has 0 aromatic heterocycles. The van der Waals surface area contributed by atoms with E-state index in [9.17, 15) is 46.6 Å². The number of ketones is 2. The highest BCUT2D eigenvalue weighted by atomic mass is 19.2. The fourth-order valence-electron chi connectivity index (χ4n) is 5.40. The summed E-state index contributed by atoms with van der Waals surface area (Å²) in [7, 11) is 0. The predicted molar refractivity (Wildman–Crippen MR) is 161 cm³/mol. The Labute approximate surface area is 267 Å². The molecule has 3 aromatic carbocycles. The lowest BCUT2D eigenvalue weighted by atomic mass is 9.82. The Morgan fingerprint density at radius 3 is 2.21 bits per heavy atom. The maximum Gasteiger partial charge on any atom is 0.305 e. The van der Waals surface area contributed by atoms with Gasteiger partial charge >= 0.3 is 5.97 Å². The van der Waals surface area contributed by atoms with Gasteiger partial charge in [-0.1, -0.05) is 63.2 Å². The van der Waals surface area contributed by atoms with Crippen molar-refractivity contribution in [1.29, 1.82) is 0 Å². The number of carbonyl (C=O) groups is 5. The summed E-state index contributed by atoms with van der Waals surface area (Å²) < 4.78 is 59.7. The Morgan fingerprint density at radius 2 is 1.57 bits per heavy atom. The minimum atomic E-state index is -1.91. The number of nitrogens with zero attached hydrogens (tertiary/aromatic N) is 1. The average molecular weight is 657 g/mol. The fraction of sp³-hybridized carbons (Fsp3) is 0.324. The van der Waals surface area contributed by atoms with Gasteiger partial charge in [0.05, 0.1) is 12.3 Å². The van der Waals surface area contributed by atoms with Crippen molar-refractivity contribution in [2.24, 2.45) is 5.92 Å². The second-order valence-electron chi connectivity index (χ2n) is 12.2. The van der Waals surface area contributed by atoms with Gasteiger partial charge < -0.3 is 20.1 Å². The Kier molecular flexibility index (Phi) is 10.5. The molecule has 0 fully saturated rings. The van der Waals surface area contributed by atoms with E-state index in [1.807, 2.05) is 32.9 Å². The van der Waals surface area contributed by atoms with Gasteiger partial charge in [0, 0.05) is 24.7 Å². The van der Waals surface area contributed by atoms with Gasteiger partial charge in [0.1, 0.15) is 12.6 Å². The van der Waals surface area contributed by atoms with Gasteiger partial charge in [-0.05, 0) is 34.6 Å². The van der Waals surface area contributed by atoms with Crippen LogP contribution in [0.15, 0.2) is 54.6 Å². The summed E-state index contributed by atoms with van der Waals surface area (Å²) in [6, 6.07) is 12.0. The van der Waals surface area contributed by atoms with E-state index in [-0.39, 0.29) is 30.9 Å². The van der Waals surface area contributed by atoms with Crippen molar-refractivity contribution >= 4 is 35.0 Å². The van der Waals surface area contributed by atoms with Crippen LogP contribution in [0.4, 0.5) is 23.2 Å². The number of hydrogen-bond acceptors (Lipinski definition) is 6. The van der Waals surface area contributed by atoms with Crippen molar-refractivity contribution in [3.63, 3.8) is 0 Å². The van der Waals surface area contributed by atoms with Gasteiger partial charge in [0.15, 0.2) is 23.2 Å². The molecule has 4 rings (SSSR count). The first-order chi connectivity index (χ1) is 22.1. The Balaban J connectivity index is 1.52. The Hall–Kier alpha value is -5.07. The molecule has 0 unspecified atom stereocenters. The van der Waals surface area contributed by atoms with Crippen LogP contribution in [-0.2, 0) is 42.2 Å². The lowest BCUT2D eigenvalue weighted by Crippen LogP contribution is -2.52. The van der Waals surface area contributed by atoms with Crippen LogP contribution < -0.4 is 15.0 Å². The van der Waals surface area contributed by atoms with E-state index in [1.165, 1.54) is 4.90 Å². The molecule has 0 radical (unpaired) electrons. The van der Waals surface area contributed by atoms with Crippen LogP contribution in [-0.4, -0.2) is 53.7 Å². The van der Waals surface area contributed by atoms with Gasteiger partial charge in [-0.3, -0.25) is 24.0 Å². The molecule has 47 heavy (non-hydrogen) atoms. The highest BCUT2D eigenvalue weighted by molar-refractivity contribution is 6.42. The summed E-state index contributed by atoms with van der Waals surface area (Å²) >= 11 is 0. The second kappa shape index (κ2) is 14.1. The minimum absolute atomic E-state index is 0.0540. The number of carboxylic acids is 1. The molecule has 0 aliphatic carbocycles. The molecule has 1 aliphatic rings. The molecular formula is C34H32F4N2O7. The van der Waals surface area contributed by atoms with E-state index < -0.39 is 83.4 Å². The number of benzene rings is 3. The maximum absolute atomic E-state index is 14.0. The van der Waals surface area contributed by atoms with Gasteiger partial charge in [0.2, 0.25) is 23.3 Å². The van der Waals surface area contributed by atoms with Crippen LogP contribution in [0.2, 0.25) is 0 Å². The summed E-state index contributed by atoms with van der Waals surface area (Å²) in [5, 5.41) is 11.6. The van der Waals surface area contributed by atoms with E-state index >= 15 is 0 Å². The van der Waals surface area contributed by atoms with E-state index in [0.717, 1.165) is 5.56 Å². The molecule has 9 nitrogen and oxygen atoms in total. The van der Waals surface area contributed by atoms with Crippen LogP contribution in [0, 0.1) is 29.2 Å². The van der Waals surface area contributed by atoms with E-state index in [0.29, 0.717) is 16.8 Å². The van der Waals surface area contributed by atoms with Gasteiger partial charge in [-0.25, -0.2) is 8.78 Å². The van der Waals surface area contributed by atoms with Crippen molar-refractivity contribution in [2.75, 3.05) is 18.1 Å². The molecule has 0 saturated carbocycles. The maximum atomic E-state index is 14.0. The van der Waals surface area contributed by atoms with Gasteiger partial charge in [-0.2, -0.15) is 8.78 Å². The number of para-hydroxylation sites is 1. The number of halogens is 4. The molecule has 248 valence electrons. The third-order valence-electron chi connectivity index (χ3n) is 7.70. The van der Waals surface area contributed by atoms with Crippen molar-refractivity contribution < 1.29 is 51.4 Å². The number of amides is 2. The largest absolute Gasteiger partial charge is 0.481 e. The zero-order valence-corrected chi connectivity index (χ0v) is 25.7.